The van der Waals surface area contributed by atoms with Gasteiger partial charge >= 0.3 is 0 Å². The first-order valence-corrected chi connectivity index (χ1v) is 16.4. The van der Waals surface area contributed by atoms with E-state index in [2.05, 4.69) is 126 Å². The Balaban J connectivity index is 1.29. The molecule has 0 saturated heterocycles. The number of hydrogen-bond acceptors (Lipinski definition) is 3. The summed E-state index contributed by atoms with van der Waals surface area (Å²) in [5, 5.41) is 0. The predicted octanol–water partition coefficient (Wildman–Crippen LogP) is 9.55. The van der Waals surface area contributed by atoms with Crippen LogP contribution in [0.5, 0.6) is 5.75 Å². The Labute approximate surface area is 270 Å². The SMILES string of the molecule is CCCCCCCCOc1ccc(-c2c3nc(cc4ccc([nH]4)c(-c4cc[n+](C)cc4)c4ccc(cc5nc2C=C5)[nH]4)C=C3)cc1. The van der Waals surface area contributed by atoms with E-state index in [-0.39, 0.29) is 0 Å². The average molecular weight is 607 g/mol. The molecule has 1 aromatic carbocycles. The number of pyridine rings is 1. The largest absolute Gasteiger partial charge is 0.494 e. The molecule has 46 heavy (non-hydrogen) atoms. The summed E-state index contributed by atoms with van der Waals surface area (Å²) in [6.07, 6.45) is 20.0. The molecule has 5 aromatic rings. The molecule has 4 aromatic heterocycles. The summed E-state index contributed by atoms with van der Waals surface area (Å²) in [6, 6.07) is 25.3. The fourth-order valence-corrected chi connectivity index (χ4v) is 6.14. The lowest BCUT2D eigenvalue weighted by Gasteiger charge is -2.09. The monoisotopic (exact) mass is 606 g/mol. The van der Waals surface area contributed by atoms with Crippen molar-refractivity contribution in [3.63, 3.8) is 0 Å². The summed E-state index contributed by atoms with van der Waals surface area (Å²) in [4.78, 5) is 17.4. The Bertz CT molecular complexity index is 1970. The first-order chi connectivity index (χ1) is 22.6. The van der Waals surface area contributed by atoms with Crippen LogP contribution < -0.4 is 9.30 Å². The van der Waals surface area contributed by atoms with Gasteiger partial charge in [-0.2, -0.15) is 0 Å². The number of nitrogens with zero attached hydrogens (tertiary/aromatic N) is 3. The van der Waals surface area contributed by atoms with Crippen molar-refractivity contribution >= 4 is 46.4 Å². The number of nitrogens with one attached hydrogen (secondary N) is 2. The summed E-state index contributed by atoms with van der Waals surface area (Å²) in [7, 11) is 2.03. The second kappa shape index (κ2) is 13.4. The van der Waals surface area contributed by atoms with Crippen molar-refractivity contribution in [1.29, 1.82) is 0 Å². The first kappa shape index (κ1) is 29.5. The number of fused-ring (bicyclic) bond motifs is 8. The maximum Gasteiger partial charge on any atom is 0.169 e. The van der Waals surface area contributed by atoms with Gasteiger partial charge in [-0.15, -0.1) is 0 Å². The zero-order chi connectivity index (χ0) is 31.3. The second-order valence-electron chi connectivity index (χ2n) is 12.1. The van der Waals surface area contributed by atoms with Crippen molar-refractivity contribution in [1.82, 2.24) is 19.9 Å². The van der Waals surface area contributed by atoms with E-state index >= 15 is 0 Å². The highest BCUT2D eigenvalue weighted by molar-refractivity contribution is 5.94. The van der Waals surface area contributed by atoms with Crippen molar-refractivity contribution in [3.8, 4) is 28.0 Å². The molecule has 0 amide bonds. The van der Waals surface area contributed by atoms with E-state index in [1.54, 1.807) is 0 Å². The van der Waals surface area contributed by atoms with Gasteiger partial charge in [-0.05, 0) is 90.4 Å². The van der Waals surface area contributed by atoms with E-state index in [4.69, 9.17) is 14.7 Å². The molecule has 0 fully saturated rings. The maximum absolute atomic E-state index is 6.08. The Morgan fingerprint density at radius 1 is 0.609 bits per heavy atom. The van der Waals surface area contributed by atoms with Gasteiger partial charge in [-0.25, -0.2) is 14.5 Å². The third kappa shape index (κ3) is 6.57. The number of ether oxygens (including phenoxy) is 1. The van der Waals surface area contributed by atoms with Crippen LogP contribution in [0.3, 0.4) is 0 Å². The fourth-order valence-electron chi connectivity index (χ4n) is 6.14. The van der Waals surface area contributed by atoms with Gasteiger partial charge < -0.3 is 14.7 Å². The number of rotatable bonds is 10. The van der Waals surface area contributed by atoms with Crippen molar-refractivity contribution < 1.29 is 9.30 Å². The maximum atomic E-state index is 6.08. The summed E-state index contributed by atoms with van der Waals surface area (Å²) >= 11 is 0. The molecule has 6 heteroatoms. The van der Waals surface area contributed by atoms with Crippen molar-refractivity contribution in [2.24, 2.45) is 7.05 Å². The van der Waals surface area contributed by atoms with Gasteiger partial charge in [-0.1, -0.05) is 51.2 Å². The van der Waals surface area contributed by atoms with Crippen LogP contribution in [-0.2, 0) is 7.05 Å². The van der Waals surface area contributed by atoms with Crippen LogP contribution in [0.25, 0.3) is 68.6 Å². The quantitative estimate of drug-likeness (QED) is 0.120. The average Bonchev–Trinajstić information content (AvgIpc) is 3.89. The van der Waals surface area contributed by atoms with Crippen molar-refractivity contribution in [2.45, 2.75) is 45.4 Å². The molecule has 0 atom stereocenters. The first-order valence-electron chi connectivity index (χ1n) is 16.4. The molecule has 6 nitrogen and oxygen atoms in total. The summed E-state index contributed by atoms with van der Waals surface area (Å²) in [6.45, 7) is 3.00. The number of aromatic nitrogens is 5. The van der Waals surface area contributed by atoms with Crippen LogP contribution in [0.2, 0.25) is 0 Å². The number of benzene rings is 1. The molecule has 0 spiro atoms. The van der Waals surface area contributed by atoms with Crippen LogP contribution in [0.1, 0.15) is 68.2 Å². The Morgan fingerprint density at radius 2 is 1.17 bits per heavy atom. The number of H-pyrrole nitrogens is 2. The molecule has 2 N–H and O–H groups in total. The fraction of sp³-hybridized carbons (Fsp3) is 0.225. The van der Waals surface area contributed by atoms with E-state index < -0.39 is 0 Å². The molecule has 0 aliphatic carbocycles. The van der Waals surface area contributed by atoms with Crippen molar-refractivity contribution in [2.75, 3.05) is 6.61 Å². The van der Waals surface area contributed by atoms with E-state index in [1.807, 2.05) is 11.6 Å². The van der Waals surface area contributed by atoms with Crippen LogP contribution in [0.4, 0.5) is 0 Å². The normalized spacial score (nSPS) is 12.1. The topological polar surface area (TPSA) is 70.5 Å². The Kier molecular flexibility index (Phi) is 8.59. The zero-order valence-corrected chi connectivity index (χ0v) is 26.6. The van der Waals surface area contributed by atoms with Crippen molar-refractivity contribution in [3.05, 3.63) is 108 Å². The van der Waals surface area contributed by atoms with Gasteiger partial charge in [-0.3, -0.25) is 0 Å². The van der Waals surface area contributed by atoms with Crippen LogP contribution in [-0.4, -0.2) is 26.5 Å². The molecule has 7 rings (SSSR count). The predicted molar refractivity (Wildman–Crippen MR) is 190 cm³/mol. The number of unbranched alkanes of at least 4 members (excludes halogenated alkanes) is 5. The smallest absolute Gasteiger partial charge is 0.169 e. The summed E-state index contributed by atoms with van der Waals surface area (Å²) in [5.74, 6) is 0.894. The lowest BCUT2D eigenvalue weighted by molar-refractivity contribution is -0.671. The molecule has 2 aliphatic heterocycles. The minimum atomic E-state index is 0.750. The molecule has 0 saturated carbocycles. The van der Waals surface area contributed by atoms with Crippen LogP contribution in [0, 0.1) is 0 Å². The Morgan fingerprint density at radius 3 is 1.78 bits per heavy atom. The highest BCUT2D eigenvalue weighted by Crippen LogP contribution is 2.33. The van der Waals surface area contributed by atoms with E-state index in [1.165, 1.54) is 32.1 Å². The molecule has 0 radical (unpaired) electrons. The molecular formula is C40H40N5O+. The Hall–Kier alpha value is -5.23. The minimum Gasteiger partial charge on any atom is -0.494 e. The zero-order valence-electron chi connectivity index (χ0n) is 26.6. The molecule has 0 unspecified atom stereocenters. The van der Waals surface area contributed by atoms with Gasteiger partial charge in [0.15, 0.2) is 12.4 Å². The highest BCUT2D eigenvalue weighted by Gasteiger charge is 2.15. The number of aryl methyl sites for hydroxylation is 1. The standard InChI is InChI=1S/C40H39N5O/c1-3-4-5-6-7-8-25-46-34-15-9-28(10-16-34)39-35-17-11-30(41-35)26-32-13-19-37(43-32)40(29-21-23-45(2)24-22-29)38-20-14-33(44-38)27-31-12-18-36(39)42-31/h9-24,26-27H,3-8,25H2,1-2H3,(H,41,42,43,44)/p+1. The molecule has 230 valence electrons. The van der Waals surface area contributed by atoms with E-state index in [9.17, 15) is 0 Å². The number of aromatic amines is 2. The van der Waals surface area contributed by atoms with E-state index in [0.29, 0.717) is 0 Å². The van der Waals surface area contributed by atoms with Gasteiger partial charge in [0, 0.05) is 45.3 Å². The third-order valence-electron chi connectivity index (χ3n) is 8.57. The minimum absolute atomic E-state index is 0.750. The lowest BCUT2D eigenvalue weighted by atomic mass is 10.0. The van der Waals surface area contributed by atoms with Gasteiger partial charge in [0.05, 0.1) is 29.4 Å². The van der Waals surface area contributed by atoms with Gasteiger partial charge in [0.2, 0.25) is 0 Å². The molecular weight excluding hydrogens is 566 g/mol. The molecule has 6 heterocycles. The van der Waals surface area contributed by atoms with Crippen LogP contribution in [0.15, 0.2) is 85.2 Å². The third-order valence-corrected chi connectivity index (χ3v) is 8.57. The lowest BCUT2D eigenvalue weighted by Crippen LogP contribution is -2.25. The molecule has 8 bridgehead atoms. The summed E-state index contributed by atoms with van der Waals surface area (Å²) < 4.78 is 8.12. The number of hydrogen-bond donors (Lipinski definition) is 2. The van der Waals surface area contributed by atoms with E-state index in [0.717, 1.165) is 85.9 Å². The summed E-state index contributed by atoms with van der Waals surface area (Å²) in [5.41, 5.74) is 11.9. The van der Waals surface area contributed by atoms with Gasteiger partial charge in [0.1, 0.15) is 12.8 Å². The highest BCUT2D eigenvalue weighted by atomic mass is 16.5. The van der Waals surface area contributed by atoms with Crippen LogP contribution >= 0.6 is 0 Å². The second-order valence-corrected chi connectivity index (χ2v) is 12.1. The molecule has 2 aliphatic rings. The van der Waals surface area contributed by atoms with Gasteiger partial charge in [0.25, 0.3) is 0 Å².